The third-order valence-electron chi connectivity index (χ3n) is 3.49. The first-order valence-corrected chi connectivity index (χ1v) is 8.33. The van der Waals surface area contributed by atoms with Gasteiger partial charge in [-0.2, -0.15) is 11.8 Å². The molecule has 1 amide bonds. The van der Waals surface area contributed by atoms with E-state index in [1.165, 1.54) is 12.8 Å². The maximum Gasteiger partial charge on any atom is 0.244 e. The van der Waals surface area contributed by atoms with E-state index in [1.807, 2.05) is 30.0 Å². The molecule has 1 saturated carbocycles. The molecule has 1 N–H and O–H groups in total. The van der Waals surface area contributed by atoms with Crippen LogP contribution in [0.25, 0.3) is 6.08 Å². The number of hydrogen-bond acceptors (Lipinski definition) is 3. The number of carbonyl (C=O) groups excluding carboxylic acids is 1. The number of thioether (sulfide) groups is 1. The standard InChI is InChI=1S/C16H22N2OS/c1-2-20-15-7-3-6-14(11-15)18-16(19)9-8-13-5-4-10-17-12-13/h4-5,8-10,12,14-15H,2-3,6-7,11H2,1H3,(H,18,19)/b9-8+/t14-,15+/m0/s1. The summed E-state index contributed by atoms with van der Waals surface area (Å²) < 4.78 is 0. The summed E-state index contributed by atoms with van der Waals surface area (Å²) in [6, 6.07) is 4.13. The maximum atomic E-state index is 11.9. The number of nitrogens with zero attached hydrogens (tertiary/aromatic N) is 1. The van der Waals surface area contributed by atoms with Gasteiger partial charge in [0.2, 0.25) is 5.91 Å². The van der Waals surface area contributed by atoms with Crippen molar-refractivity contribution in [1.29, 1.82) is 0 Å². The highest BCUT2D eigenvalue weighted by Crippen LogP contribution is 2.28. The SMILES string of the molecule is CCS[C@@H]1CCC[C@H](NC(=O)/C=C/c2cccnc2)C1. The second-order valence-corrected chi connectivity index (χ2v) is 6.65. The number of pyridine rings is 1. The van der Waals surface area contributed by atoms with Crippen LogP contribution in [0.5, 0.6) is 0 Å². The quantitative estimate of drug-likeness (QED) is 0.846. The summed E-state index contributed by atoms with van der Waals surface area (Å²) in [4.78, 5) is 15.9. The number of aromatic nitrogens is 1. The van der Waals surface area contributed by atoms with Crippen LogP contribution in [-0.4, -0.2) is 27.9 Å². The predicted molar refractivity (Wildman–Crippen MR) is 85.6 cm³/mol. The summed E-state index contributed by atoms with van der Waals surface area (Å²) >= 11 is 2.02. The summed E-state index contributed by atoms with van der Waals surface area (Å²) in [7, 11) is 0. The Morgan fingerprint density at radius 1 is 1.55 bits per heavy atom. The lowest BCUT2D eigenvalue weighted by molar-refractivity contribution is -0.117. The van der Waals surface area contributed by atoms with Crippen molar-refractivity contribution < 1.29 is 4.79 Å². The van der Waals surface area contributed by atoms with Gasteiger partial charge in [0, 0.05) is 29.8 Å². The Balaban J connectivity index is 1.80. The smallest absolute Gasteiger partial charge is 0.244 e. The van der Waals surface area contributed by atoms with Crippen molar-refractivity contribution in [1.82, 2.24) is 10.3 Å². The Kier molecular flexibility index (Phi) is 6.12. The van der Waals surface area contributed by atoms with Crippen LogP contribution < -0.4 is 5.32 Å². The average Bonchev–Trinajstić information content (AvgIpc) is 2.47. The fraction of sp³-hybridized carbons (Fsp3) is 0.500. The normalized spacial score (nSPS) is 22.9. The molecule has 1 aromatic rings. The molecule has 1 aliphatic carbocycles. The molecule has 0 aliphatic heterocycles. The molecule has 20 heavy (non-hydrogen) atoms. The molecule has 1 aromatic heterocycles. The van der Waals surface area contributed by atoms with Crippen molar-refractivity contribution in [2.45, 2.75) is 43.9 Å². The summed E-state index contributed by atoms with van der Waals surface area (Å²) in [5, 5.41) is 3.83. The molecule has 0 saturated heterocycles. The molecular weight excluding hydrogens is 268 g/mol. The second kappa shape index (κ2) is 8.10. The van der Waals surface area contributed by atoms with Crippen LogP contribution in [0.3, 0.4) is 0 Å². The van der Waals surface area contributed by atoms with Gasteiger partial charge >= 0.3 is 0 Å². The van der Waals surface area contributed by atoms with E-state index in [0.29, 0.717) is 11.3 Å². The highest BCUT2D eigenvalue weighted by molar-refractivity contribution is 7.99. The molecule has 3 nitrogen and oxygen atoms in total. The highest BCUT2D eigenvalue weighted by atomic mass is 32.2. The number of rotatable bonds is 5. The van der Waals surface area contributed by atoms with Gasteiger partial charge in [0.1, 0.15) is 0 Å². The molecule has 1 aliphatic rings. The fourth-order valence-electron chi connectivity index (χ4n) is 2.56. The van der Waals surface area contributed by atoms with Crippen LogP contribution in [0.4, 0.5) is 0 Å². The largest absolute Gasteiger partial charge is 0.350 e. The van der Waals surface area contributed by atoms with Crippen LogP contribution in [0.2, 0.25) is 0 Å². The molecule has 0 spiro atoms. The van der Waals surface area contributed by atoms with Crippen molar-refractivity contribution in [2.75, 3.05) is 5.75 Å². The lowest BCUT2D eigenvalue weighted by Crippen LogP contribution is -2.38. The molecule has 2 rings (SSSR count). The van der Waals surface area contributed by atoms with E-state index in [0.717, 1.165) is 24.2 Å². The molecule has 2 atom stereocenters. The zero-order valence-electron chi connectivity index (χ0n) is 11.9. The second-order valence-electron chi connectivity index (χ2n) is 5.07. The molecule has 0 aromatic carbocycles. The van der Waals surface area contributed by atoms with Crippen LogP contribution in [0, 0.1) is 0 Å². The third kappa shape index (κ3) is 5.00. The minimum atomic E-state index is 0.000927. The molecule has 0 bridgehead atoms. The Hall–Kier alpha value is -1.29. The molecule has 1 heterocycles. The van der Waals surface area contributed by atoms with Gasteiger partial charge in [0.25, 0.3) is 0 Å². The van der Waals surface area contributed by atoms with Gasteiger partial charge in [-0.05, 0) is 42.7 Å². The van der Waals surface area contributed by atoms with Gasteiger partial charge in [0.15, 0.2) is 0 Å². The Bertz CT molecular complexity index is 445. The number of carbonyl (C=O) groups is 1. The average molecular weight is 290 g/mol. The topological polar surface area (TPSA) is 42.0 Å². The van der Waals surface area contributed by atoms with Crippen molar-refractivity contribution in [3.63, 3.8) is 0 Å². The van der Waals surface area contributed by atoms with E-state index in [2.05, 4.69) is 17.2 Å². The van der Waals surface area contributed by atoms with Crippen LogP contribution >= 0.6 is 11.8 Å². The van der Waals surface area contributed by atoms with Crippen molar-refractivity contribution in [3.05, 3.63) is 36.2 Å². The van der Waals surface area contributed by atoms with Crippen LogP contribution in [0.15, 0.2) is 30.6 Å². The Morgan fingerprint density at radius 2 is 2.45 bits per heavy atom. The van der Waals surface area contributed by atoms with E-state index in [-0.39, 0.29) is 5.91 Å². The number of amides is 1. The lowest BCUT2D eigenvalue weighted by atomic mass is 9.95. The fourth-order valence-corrected chi connectivity index (χ4v) is 3.73. The first-order valence-electron chi connectivity index (χ1n) is 7.28. The van der Waals surface area contributed by atoms with E-state index in [9.17, 15) is 4.79 Å². The summed E-state index contributed by atoms with van der Waals surface area (Å²) in [5.74, 6) is 1.16. The van der Waals surface area contributed by atoms with Crippen molar-refractivity contribution in [2.24, 2.45) is 0 Å². The van der Waals surface area contributed by atoms with E-state index in [1.54, 1.807) is 18.5 Å². The van der Waals surface area contributed by atoms with E-state index >= 15 is 0 Å². The third-order valence-corrected chi connectivity index (χ3v) is 4.72. The number of nitrogens with one attached hydrogen (secondary N) is 1. The van der Waals surface area contributed by atoms with E-state index in [4.69, 9.17) is 0 Å². The van der Waals surface area contributed by atoms with Crippen LogP contribution in [-0.2, 0) is 4.79 Å². The summed E-state index contributed by atoms with van der Waals surface area (Å²) in [6.45, 7) is 2.20. The van der Waals surface area contributed by atoms with Gasteiger partial charge in [-0.25, -0.2) is 0 Å². The predicted octanol–water partition coefficient (Wildman–Crippen LogP) is 3.28. The maximum absolute atomic E-state index is 11.9. The first kappa shape index (κ1) is 15.1. The minimum absolute atomic E-state index is 0.000927. The molecule has 0 unspecified atom stereocenters. The Labute approximate surface area is 125 Å². The Morgan fingerprint density at radius 3 is 3.20 bits per heavy atom. The van der Waals surface area contributed by atoms with Gasteiger partial charge in [-0.3, -0.25) is 9.78 Å². The van der Waals surface area contributed by atoms with Crippen molar-refractivity contribution >= 4 is 23.7 Å². The van der Waals surface area contributed by atoms with Gasteiger partial charge in [-0.15, -0.1) is 0 Å². The molecular formula is C16H22N2OS. The molecule has 0 radical (unpaired) electrons. The highest BCUT2D eigenvalue weighted by Gasteiger charge is 2.22. The minimum Gasteiger partial charge on any atom is -0.350 e. The molecule has 108 valence electrons. The lowest BCUT2D eigenvalue weighted by Gasteiger charge is -2.28. The first-order chi connectivity index (χ1) is 9.78. The van der Waals surface area contributed by atoms with Gasteiger partial charge in [-0.1, -0.05) is 19.4 Å². The monoisotopic (exact) mass is 290 g/mol. The summed E-state index contributed by atoms with van der Waals surface area (Å²) in [5.41, 5.74) is 0.950. The zero-order valence-corrected chi connectivity index (χ0v) is 12.7. The molecule has 1 fully saturated rings. The van der Waals surface area contributed by atoms with Crippen LogP contribution in [0.1, 0.15) is 38.2 Å². The summed E-state index contributed by atoms with van der Waals surface area (Å²) in [6.07, 6.45) is 11.6. The van der Waals surface area contributed by atoms with E-state index < -0.39 is 0 Å². The van der Waals surface area contributed by atoms with Crippen molar-refractivity contribution in [3.8, 4) is 0 Å². The zero-order chi connectivity index (χ0) is 14.2. The number of hydrogen-bond donors (Lipinski definition) is 1. The van der Waals surface area contributed by atoms with Gasteiger partial charge in [0.05, 0.1) is 0 Å². The van der Waals surface area contributed by atoms with Gasteiger partial charge < -0.3 is 5.32 Å². The molecule has 4 heteroatoms.